The van der Waals surface area contributed by atoms with Gasteiger partial charge in [-0.25, -0.2) is 4.79 Å². The molecule has 1 aliphatic rings. The number of rotatable bonds is 5. The lowest BCUT2D eigenvalue weighted by molar-refractivity contribution is -0.152. The Balaban J connectivity index is 2.04. The fourth-order valence-electron chi connectivity index (χ4n) is 3.52. The van der Waals surface area contributed by atoms with Crippen molar-refractivity contribution in [2.75, 3.05) is 0 Å². The van der Waals surface area contributed by atoms with Crippen molar-refractivity contribution in [3.05, 3.63) is 47.5 Å². The Morgan fingerprint density at radius 1 is 1.25 bits per heavy atom. The average Bonchev–Trinajstić information content (AvgIpc) is 2.54. The van der Waals surface area contributed by atoms with E-state index >= 15 is 0 Å². The van der Waals surface area contributed by atoms with Crippen LogP contribution in [-0.4, -0.2) is 17.2 Å². The molecule has 0 heterocycles. The SMILES string of the molecule is C=C(C(=O)O[C@@H]1C[C@H](C)CC[C@@H]1C(C)C)[C@@H](O)c1ccc(C)cc1. The molecular formula is C21H30O3. The van der Waals surface area contributed by atoms with Crippen molar-refractivity contribution >= 4 is 5.97 Å². The van der Waals surface area contributed by atoms with Crippen LogP contribution in [-0.2, 0) is 9.53 Å². The Bertz CT molecular complexity index is 573. The van der Waals surface area contributed by atoms with Crippen LogP contribution >= 0.6 is 0 Å². The Morgan fingerprint density at radius 3 is 2.46 bits per heavy atom. The summed E-state index contributed by atoms with van der Waals surface area (Å²) in [6.45, 7) is 12.3. The number of carbonyl (C=O) groups is 1. The number of carbonyl (C=O) groups excluding carboxylic acids is 1. The maximum Gasteiger partial charge on any atom is 0.336 e. The molecule has 2 rings (SSSR count). The number of aliphatic hydroxyl groups excluding tert-OH is 1. The van der Waals surface area contributed by atoms with Gasteiger partial charge in [0.15, 0.2) is 0 Å². The number of benzene rings is 1. The molecular weight excluding hydrogens is 300 g/mol. The van der Waals surface area contributed by atoms with Gasteiger partial charge in [0.25, 0.3) is 0 Å². The molecule has 0 unspecified atom stereocenters. The molecule has 1 aromatic rings. The fraction of sp³-hybridized carbons (Fsp3) is 0.571. The zero-order valence-electron chi connectivity index (χ0n) is 15.3. The molecule has 0 aliphatic heterocycles. The third kappa shape index (κ3) is 4.47. The summed E-state index contributed by atoms with van der Waals surface area (Å²) in [7, 11) is 0. The van der Waals surface area contributed by atoms with Gasteiger partial charge in [-0.2, -0.15) is 0 Å². The average molecular weight is 330 g/mol. The number of aliphatic hydroxyl groups is 1. The first-order valence-electron chi connectivity index (χ1n) is 8.94. The van der Waals surface area contributed by atoms with Crippen LogP contribution in [0.4, 0.5) is 0 Å². The van der Waals surface area contributed by atoms with E-state index in [1.807, 2.05) is 31.2 Å². The molecule has 132 valence electrons. The van der Waals surface area contributed by atoms with Crippen molar-refractivity contribution in [3.8, 4) is 0 Å². The van der Waals surface area contributed by atoms with Crippen molar-refractivity contribution in [1.29, 1.82) is 0 Å². The predicted molar refractivity (Wildman–Crippen MR) is 96.5 cm³/mol. The lowest BCUT2D eigenvalue weighted by Gasteiger charge is -2.37. The molecule has 4 atom stereocenters. The van der Waals surface area contributed by atoms with Gasteiger partial charge in [-0.3, -0.25) is 0 Å². The van der Waals surface area contributed by atoms with Crippen LogP contribution in [0.25, 0.3) is 0 Å². The van der Waals surface area contributed by atoms with Crippen LogP contribution in [0, 0.1) is 24.7 Å². The van der Waals surface area contributed by atoms with E-state index in [1.165, 1.54) is 6.42 Å². The Morgan fingerprint density at radius 2 is 1.88 bits per heavy atom. The van der Waals surface area contributed by atoms with Gasteiger partial charge in [0.05, 0.1) is 5.57 Å². The van der Waals surface area contributed by atoms with E-state index in [1.54, 1.807) is 0 Å². The number of esters is 1. The highest BCUT2D eigenvalue weighted by atomic mass is 16.5. The normalized spacial score (nSPS) is 25.3. The summed E-state index contributed by atoms with van der Waals surface area (Å²) in [6, 6.07) is 7.46. The molecule has 1 fully saturated rings. The topological polar surface area (TPSA) is 46.5 Å². The van der Waals surface area contributed by atoms with Gasteiger partial charge in [-0.15, -0.1) is 0 Å². The van der Waals surface area contributed by atoms with E-state index < -0.39 is 12.1 Å². The molecule has 0 amide bonds. The second kappa shape index (κ2) is 7.98. The molecule has 1 N–H and O–H groups in total. The summed E-state index contributed by atoms with van der Waals surface area (Å²) in [4.78, 5) is 12.5. The van der Waals surface area contributed by atoms with E-state index in [9.17, 15) is 9.90 Å². The van der Waals surface area contributed by atoms with Crippen molar-refractivity contribution in [2.45, 2.75) is 59.2 Å². The van der Waals surface area contributed by atoms with Crippen molar-refractivity contribution < 1.29 is 14.6 Å². The molecule has 0 saturated heterocycles. The van der Waals surface area contributed by atoms with Crippen molar-refractivity contribution in [2.24, 2.45) is 17.8 Å². The maximum atomic E-state index is 12.5. The molecule has 0 spiro atoms. The number of hydrogen-bond acceptors (Lipinski definition) is 3. The minimum atomic E-state index is -1.02. The van der Waals surface area contributed by atoms with E-state index in [0.29, 0.717) is 23.3 Å². The highest BCUT2D eigenvalue weighted by molar-refractivity contribution is 5.89. The van der Waals surface area contributed by atoms with E-state index in [2.05, 4.69) is 27.4 Å². The highest BCUT2D eigenvalue weighted by Gasteiger charge is 2.34. The minimum absolute atomic E-state index is 0.0804. The van der Waals surface area contributed by atoms with Crippen LogP contribution in [0.3, 0.4) is 0 Å². The van der Waals surface area contributed by atoms with Crippen LogP contribution in [0.15, 0.2) is 36.4 Å². The maximum absolute atomic E-state index is 12.5. The van der Waals surface area contributed by atoms with Gasteiger partial charge in [0.1, 0.15) is 12.2 Å². The van der Waals surface area contributed by atoms with Gasteiger partial charge in [0.2, 0.25) is 0 Å². The van der Waals surface area contributed by atoms with Crippen LogP contribution < -0.4 is 0 Å². The van der Waals surface area contributed by atoms with Gasteiger partial charge in [-0.1, -0.05) is 63.6 Å². The summed E-state index contributed by atoms with van der Waals surface area (Å²) in [5, 5.41) is 10.4. The molecule has 0 aromatic heterocycles. The quantitative estimate of drug-likeness (QED) is 0.634. The molecule has 0 radical (unpaired) electrons. The monoisotopic (exact) mass is 330 g/mol. The Hall–Kier alpha value is -1.61. The second-order valence-electron chi connectivity index (χ2n) is 7.61. The number of hydrogen-bond donors (Lipinski definition) is 1. The van der Waals surface area contributed by atoms with Gasteiger partial charge in [0, 0.05) is 0 Å². The van der Waals surface area contributed by atoms with Gasteiger partial charge in [-0.05, 0) is 43.1 Å². The number of aryl methyl sites for hydroxylation is 1. The zero-order chi connectivity index (χ0) is 17.9. The molecule has 24 heavy (non-hydrogen) atoms. The molecule has 1 saturated carbocycles. The van der Waals surface area contributed by atoms with E-state index in [4.69, 9.17) is 4.74 Å². The first-order chi connectivity index (χ1) is 11.3. The Labute approximate surface area is 145 Å². The fourth-order valence-corrected chi connectivity index (χ4v) is 3.52. The lowest BCUT2D eigenvalue weighted by Crippen LogP contribution is -2.36. The third-order valence-corrected chi connectivity index (χ3v) is 5.21. The summed E-state index contributed by atoms with van der Waals surface area (Å²) >= 11 is 0. The van der Waals surface area contributed by atoms with Crippen molar-refractivity contribution in [3.63, 3.8) is 0 Å². The molecule has 1 aromatic carbocycles. The molecule has 3 heteroatoms. The molecule has 1 aliphatic carbocycles. The predicted octanol–water partition coefficient (Wildman–Crippen LogP) is 4.59. The Kier molecular flexibility index (Phi) is 6.22. The zero-order valence-corrected chi connectivity index (χ0v) is 15.3. The second-order valence-corrected chi connectivity index (χ2v) is 7.61. The minimum Gasteiger partial charge on any atom is -0.459 e. The standard InChI is InChI=1S/C21H30O3/c1-13(2)18-11-8-15(4)12-19(18)24-21(23)16(5)20(22)17-9-6-14(3)7-10-17/h6-7,9-10,13,15,18-20,22H,5,8,11-12H2,1-4H3/t15-,18-,19-,20-/m1/s1. The third-order valence-electron chi connectivity index (χ3n) is 5.21. The summed E-state index contributed by atoms with van der Waals surface area (Å²) in [5.41, 5.74) is 1.88. The largest absolute Gasteiger partial charge is 0.459 e. The van der Waals surface area contributed by atoms with E-state index in [0.717, 1.165) is 18.4 Å². The molecule has 0 bridgehead atoms. The highest BCUT2D eigenvalue weighted by Crippen LogP contribution is 2.36. The summed E-state index contributed by atoms with van der Waals surface area (Å²) in [5.74, 6) is 0.945. The lowest BCUT2D eigenvalue weighted by atomic mass is 9.75. The van der Waals surface area contributed by atoms with E-state index in [-0.39, 0.29) is 11.7 Å². The molecule has 3 nitrogen and oxygen atoms in total. The van der Waals surface area contributed by atoms with Gasteiger partial charge < -0.3 is 9.84 Å². The first-order valence-corrected chi connectivity index (χ1v) is 8.94. The first kappa shape index (κ1) is 18.7. The smallest absolute Gasteiger partial charge is 0.336 e. The van der Waals surface area contributed by atoms with Crippen LogP contribution in [0.2, 0.25) is 0 Å². The number of ether oxygens (including phenoxy) is 1. The van der Waals surface area contributed by atoms with Crippen molar-refractivity contribution in [1.82, 2.24) is 0 Å². The summed E-state index contributed by atoms with van der Waals surface area (Å²) in [6.07, 6.45) is 2.07. The van der Waals surface area contributed by atoms with Crippen LogP contribution in [0.1, 0.15) is 57.3 Å². The summed E-state index contributed by atoms with van der Waals surface area (Å²) < 4.78 is 5.77. The van der Waals surface area contributed by atoms with Crippen LogP contribution in [0.5, 0.6) is 0 Å². The van der Waals surface area contributed by atoms with Gasteiger partial charge >= 0.3 is 5.97 Å².